The standard InChI is InChI=1S/C12H15N3O6S3/c1-4(7(16)17)22-10-13-11(23-5(2)8(18)19)15-12(14-10)24-6(3)9(20)21/h4-6H,1-3H3,(H,16,17)(H,18,19)(H,20,21). The minimum absolute atomic E-state index is 0.0973. The molecule has 24 heavy (non-hydrogen) atoms. The van der Waals surface area contributed by atoms with Crippen LogP contribution in [0.5, 0.6) is 0 Å². The van der Waals surface area contributed by atoms with Crippen LogP contribution in [0.25, 0.3) is 0 Å². The largest absolute Gasteiger partial charge is 0.480 e. The maximum Gasteiger partial charge on any atom is 0.316 e. The van der Waals surface area contributed by atoms with E-state index < -0.39 is 33.7 Å². The van der Waals surface area contributed by atoms with E-state index in [9.17, 15) is 14.4 Å². The van der Waals surface area contributed by atoms with Crippen molar-refractivity contribution in [3.8, 4) is 0 Å². The number of aromatic nitrogens is 3. The van der Waals surface area contributed by atoms with Crippen molar-refractivity contribution in [1.29, 1.82) is 0 Å². The lowest BCUT2D eigenvalue weighted by atomic mass is 10.5. The molecular formula is C12H15N3O6S3. The number of carbonyl (C=O) groups is 3. The fourth-order valence-corrected chi connectivity index (χ4v) is 3.36. The molecule has 0 saturated carbocycles. The van der Waals surface area contributed by atoms with Crippen molar-refractivity contribution in [1.82, 2.24) is 15.0 Å². The first-order valence-electron chi connectivity index (χ1n) is 6.54. The van der Waals surface area contributed by atoms with Gasteiger partial charge in [0.15, 0.2) is 15.5 Å². The molecule has 1 heterocycles. The van der Waals surface area contributed by atoms with Gasteiger partial charge in [-0.25, -0.2) is 0 Å². The summed E-state index contributed by atoms with van der Waals surface area (Å²) in [6.07, 6.45) is 0. The van der Waals surface area contributed by atoms with Crippen molar-refractivity contribution in [2.45, 2.75) is 52.0 Å². The predicted molar refractivity (Wildman–Crippen MR) is 88.7 cm³/mol. The average molecular weight is 393 g/mol. The number of carboxylic acids is 3. The quantitative estimate of drug-likeness (QED) is 0.522. The molecule has 0 aliphatic carbocycles. The van der Waals surface area contributed by atoms with E-state index >= 15 is 0 Å². The van der Waals surface area contributed by atoms with Gasteiger partial charge in [-0.1, -0.05) is 35.3 Å². The van der Waals surface area contributed by atoms with E-state index in [1.54, 1.807) is 0 Å². The lowest BCUT2D eigenvalue weighted by Gasteiger charge is -2.10. The maximum atomic E-state index is 10.9. The molecule has 0 aliphatic rings. The minimum atomic E-state index is -1.05. The van der Waals surface area contributed by atoms with Crippen LogP contribution in [0, 0.1) is 0 Å². The van der Waals surface area contributed by atoms with Gasteiger partial charge in [0.2, 0.25) is 0 Å². The van der Waals surface area contributed by atoms with Crippen molar-refractivity contribution >= 4 is 53.2 Å². The number of hydrogen-bond donors (Lipinski definition) is 3. The van der Waals surface area contributed by atoms with Crippen molar-refractivity contribution in [2.75, 3.05) is 0 Å². The van der Waals surface area contributed by atoms with E-state index in [1.807, 2.05) is 0 Å². The number of hydrogen-bond acceptors (Lipinski definition) is 9. The molecule has 0 bridgehead atoms. The zero-order valence-electron chi connectivity index (χ0n) is 12.9. The first-order valence-corrected chi connectivity index (χ1v) is 9.18. The third-order valence-corrected chi connectivity index (χ3v) is 5.31. The number of carboxylic acid groups (broad SMARTS) is 3. The Kier molecular flexibility index (Phi) is 7.76. The molecule has 0 radical (unpaired) electrons. The highest BCUT2D eigenvalue weighted by atomic mass is 32.2. The molecule has 0 saturated heterocycles. The van der Waals surface area contributed by atoms with Crippen molar-refractivity contribution in [3.05, 3.63) is 0 Å². The number of aliphatic carboxylic acids is 3. The Labute approximate surface area is 150 Å². The van der Waals surface area contributed by atoms with Gasteiger partial charge in [-0.05, 0) is 20.8 Å². The van der Waals surface area contributed by atoms with Crippen LogP contribution in [0.4, 0.5) is 0 Å². The monoisotopic (exact) mass is 393 g/mol. The molecular weight excluding hydrogens is 378 g/mol. The van der Waals surface area contributed by atoms with Gasteiger partial charge in [-0.15, -0.1) is 0 Å². The van der Waals surface area contributed by atoms with Crippen LogP contribution in [-0.2, 0) is 14.4 Å². The smallest absolute Gasteiger partial charge is 0.316 e. The zero-order chi connectivity index (χ0) is 18.4. The van der Waals surface area contributed by atoms with E-state index in [-0.39, 0.29) is 15.5 Å². The molecule has 3 unspecified atom stereocenters. The lowest BCUT2D eigenvalue weighted by molar-refractivity contribution is -0.137. The fraction of sp³-hybridized carbons (Fsp3) is 0.500. The summed E-state index contributed by atoms with van der Waals surface area (Å²) in [5, 5.41) is 24.7. The molecule has 12 heteroatoms. The molecule has 0 fully saturated rings. The molecule has 1 aromatic rings. The Morgan fingerprint density at radius 2 is 0.875 bits per heavy atom. The number of rotatable bonds is 9. The molecule has 1 aromatic heterocycles. The summed E-state index contributed by atoms with van der Waals surface area (Å²) in [5.41, 5.74) is 0. The summed E-state index contributed by atoms with van der Waals surface area (Å²) < 4.78 is 0. The first kappa shape index (κ1) is 20.5. The Morgan fingerprint density at radius 1 is 0.667 bits per heavy atom. The van der Waals surface area contributed by atoms with Gasteiger partial charge in [0, 0.05) is 0 Å². The van der Waals surface area contributed by atoms with Gasteiger partial charge >= 0.3 is 17.9 Å². The summed E-state index contributed by atoms with van der Waals surface area (Å²) in [5.74, 6) is -3.16. The van der Waals surface area contributed by atoms with Crippen LogP contribution in [0.1, 0.15) is 20.8 Å². The Hall–Kier alpha value is -1.53. The van der Waals surface area contributed by atoms with Gasteiger partial charge in [-0.3, -0.25) is 14.4 Å². The molecule has 0 spiro atoms. The fourth-order valence-electron chi connectivity index (χ4n) is 1.10. The van der Waals surface area contributed by atoms with Crippen LogP contribution in [0.15, 0.2) is 15.5 Å². The highest BCUT2D eigenvalue weighted by Gasteiger charge is 2.21. The van der Waals surface area contributed by atoms with Crippen LogP contribution < -0.4 is 0 Å². The van der Waals surface area contributed by atoms with Crippen LogP contribution in [-0.4, -0.2) is 63.9 Å². The Bertz CT molecular complexity index is 546. The predicted octanol–water partition coefficient (Wildman–Crippen LogP) is 1.57. The van der Waals surface area contributed by atoms with E-state index in [0.717, 1.165) is 35.3 Å². The molecule has 9 nitrogen and oxygen atoms in total. The molecule has 0 aromatic carbocycles. The maximum absolute atomic E-state index is 10.9. The first-order chi connectivity index (χ1) is 11.1. The average Bonchev–Trinajstić information content (AvgIpc) is 2.46. The lowest BCUT2D eigenvalue weighted by Crippen LogP contribution is -2.15. The second-order valence-electron chi connectivity index (χ2n) is 4.48. The number of nitrogens with zero attached hydrogens (tertiary/aromatic N) is 3. The molecule has 132 valence electrons. The van der Waals surface area contributed by atoms with E-state index in [2.05, 4.69) is 15.0 Å². The van der Waals surface area contributed by atoms with Crippen LogP contribution in [0.2, 0.25) is 0 Å². The SMILES string of the molecule is CC(Sc1nc(SC(C)C(=O)O)nc(SC(C)C(=O)O)n1)C(=O)O. The van der Waals surface area contributed by atoms with Crippen LogP contribution >= 0.6 is 35.3 Å². The second-order valence-corrected chi connectivity index (χ2v) is 8.40. The van der Waals surface area contributed by atoms with E-state index in [4.69, 9.17) is 15.3 Å². The summed E-state index contributed by atoms with van der Waals surface area (Å²) in [6, 6.07) is 0. The molecule has 0 amide bonds. The third-order valence-electron chi connectivity index (χ3n) is 2.46. The van der Waals surface area contributed by atoms with Crippen molar-refractivity contribution in [3.63, 3.8) is 0 Å². The van der Waals surface area contributed by atoms with Gasteiger partial charge in [0.1, 0.15) is 15.7 Å². The van der Waals surface area contributed by atoms with Crippen molar-refractivity contribution < 1.29 is 29.7 Å². The van der Waals surface area contributed by atoms with Gasteiger partial charge in [-0.2, -0.15) is 15.0 Å². The van der Waals surface area contributed by atoms with Crippen molar-refractivity contribution in [2.24, 2.45) is 0 Å². The topological polar surface area (TPSA) is 151 Å². The minimum Gasteiger partial charge on any atom is -0.480 e. The third kappa shape index (κ3) is 6.53. The highest BCUT2D eigenvalue weighted by molar-refractivity contribution is 8.01. The van der Waals surface area contributed by atoms with Gasteiger partial charge < -0.3 is 15.3 Å². The second kappa shape index (κ2) is 9.08. The summed E-state index contributed by atoms with van der Waals surface area (Å²) in [4.78, 5) is 45.0. The zero-order valence-corrected chi connectivity index (χ0v) is 15.3. The highest BCUT2D eigenvalue weighted by Crippen LogP contribution is 2.28. The normalized spacial score (nSPS) is 14.6. The van der Waals surface area contributed by atoms with Crippen LogP contribution in [0.3, 0.4) is 0 Å². The van der Waals surface area contributed by atoms with Gasteiger partial charge in [0.05, 0.1) is 0 Å². The summed E-state index contributed by atoms with van der Waals surface area (Å²) in [6.45, 7) is 4.36. The molecule has 3 atom stereocenters. The van der Waals surface area contributed by atoms with E-state index in [1.165, 1.54) is 20.8 Å². The van der Waals surface area contributed by atoms with Gasteiger partial charge in [0.25, 0.3) is 0 Å². The van der Waals surface area contributed by atoms with E-state index in [0.29, 0.717) is 0 Å². The summed E-state index contributed by atoms with van der Waals surface area (Å²) in [7, 11) is 0. The number of thioether (sulfide) groups is 3. The molecule has 1 rings (SSSR count). The summed E-state index contributed by atoms with van der Waals surface area (Å²) >= 11 is 2.60. The Morgan fingerprint density at radius 3 is 1.04 bits per heavy atom. The molecule has 0 aliphatic heterocycles. The molecule has 3 N–H and O–H groups in total. The Balaban J connectivity index is 3.10.